The highest BCUT2D eigenvalue weighted by atomic mass is 16.5. The van der Waals surface area contributed by atoms with E-state index in [1.807, 2.05) is 6.92 Å². The third-order valence-corrected chi connectivity index (χ3v) is 5.22. The number of nitrogens with zero attached hydrogens (tertiary/aromatic N) is 3. The van der Waals surface area contributed by atoms with Gasteiger partial charge in [0, 0.05) is 45.3 Å². The Morgan fingerprint density at radius 1 is 1.23 bits per heavy atom. The van der Waals surface area contributed by atoms with Gasteiger partial charge in [-0.1, -0.05) is 6.42 Å². The van der Waals surface area contributed by atoms with Gasteiger partial charge >= 0.3 is 0 Å². The van der Waals surface area contributed by atoms with Crippen molar-refractivity contribution >= 4 is 5.96 Å². The molecule has 2 fully saturated rings. The second kappa shape index (κ2) is 11.1. The lowest BCUT2D eigenvalue weighted by Gasteiger charge is -2.33. The maximum absolute atomic E-state index is 10.7. The van der Waals surface area contributed by atoms with Crippen LogP contribution in [0.15, 0.2) is 4.99 Å². The van der Waals surface area contributed by atoms with Crippen LogP contribution in [0.2, 0.25) is 0 Å². The van der Waals surface area contributed by atoms with E-state index in [2.05, 4.69) is 39.3 Å². The lowest BCUT2D eigenvalue weighted by molar-refractivity contribution is -0.0179. The molecule has 0 amide bonds. The molecule has 0 bridgehead atoms. The minimum absolute atomic E-state index is 0.389. The quantitative estimate of drug-likeness (QED) is 0.427. The first kappa shape index (κ1) is 21.4. The van der Waals surface area contributed by atoms with Crippen molar-refractivity contribution in [3.05, 3.63) is 0 Å². The summed E-state index contributed by atoms with van der Waals surface area (Å²) in [5.41, 5.74) is -0.832. The normalized spacial score (nSPS) is 25.7. The molecule has 0 spiro atoms. The Bertz CT molecular complexity index is 424. The molecule has 3 N–H and O–H groups in total. The summed E-state index contributed by atoms with van der Waals surface area (Å²) in [6.45, 7) is 14.5. The molecule has 2 aliphatic rings. The number of β-amino-alcohol motifs (C(OH)–C–C–N with tert-alkyl or cyclic N) is 1. The first-order chi connectivity index (χ1) is 12.5. The molecule has 2 unspecified atom stereocenters. The van der Waals surface area contributed by atoms with Gasteiger partial charge in [-0.15, -0.1) is 0 Å². The van der Waals surface area contributed by atoms with Crippen LogP contribution < -0.4 is 10.6 Å². The molecule has 2 saturated heterocycles. The van der Waals surface area contributed by atoms with E-state index < -0.39 is 5.60 Å². The molecule has 2 rings (SSSR count). The van der Waals surface area contributed by atoms with E-state index in [1.54, 1.807) is 0 Å². The SMILES string of the molecule is CCNC(=NCC(C)(O)CN1CCOCC1)NCCN1CCCCC1C. The number of rotatable bonds is 8. The largest absolute Gasteiger partial charge is 0.387 e. The molecule has 2 aliphatic heterocycles. The fourth-order valence-electron chi connectivity index (χ4n) is 3.69. The van der Waals surface area contributed by atoms with Crippen LogP contribution in [0.4, 0.5) is 0 Å². The molecule has 152 valence electrons. The fourth-order valence-corrected chi connectivity index (χ4v) is 3.69. The van der Waals surface area contributed by atoms with Crippen molar-refractivity contribution in [3.63, 3.8) is 0 Å². The Balaban J connectivity index is 1.76. The highest BCUT2D eigenvalue weighted by Crippen LogP contribution is 2.15. The van der Waals surface area contributed by atoms with E-state index in [0.717, 1.165) is 51.9 Å². The molecule has 0 radical (unpaired) electrons. The molecular weight excluding hydrogens is 330 g/mol. The minimum atomic E-state index is -0.832. The Hall–Kier alpha value is -0.890. The lowest BCUT2D eigenvalue weighted by atomic mass is 10.0. The molecular formula is C19H39N5O2. The zero-order valence-corrected chi connectivity index (χ0v) is 17.0. The van der Waals surface area contributed by atoms with Crippen molar-refractivity contribution in [2.75, 3.05) is 65.6 Å². The minimum Gasteiger partial charge on any atom is -0.387 e. The average Bonchev–Trinajstić information content (AvgIpc) is 2.62. The van der Waals surface area contributed by atoms with Crippen LogP contribution in [0, 0.1) is 0 Å². The highest BCUT2D eigenvalue weighted by molar-refractivity contribution is 5.79. The topological polar surface area (TPSA) is 72.4 Å². The summed E-state index contributed by atoms with van der Waals surface area (Å²) in [6, 6.07) is 0.680. The van der Waals surface area contributed by atoms with E-state index in [9.17, 15) is 5.11 Å². The Kier molecular flexibility index (Phi) is 9.11. The molecule has 0 aromatic heterocycles. The van der Waals surface area contributed by atoms with Gasteiger partial charge in [0.15, 0.2) is 5.96 Å². The standard InChI is InChI=1S/C19H39N5O2/c1-4-20-18(21-8-10-24-9-6-5-7-17(24)2)22-15-19(3,25)16-23-11-13-26-14-12-23/h17,25H,4-16H2,1-3H3,(H2,20,21,22). The molecule has 0 aliphatic carbocycles. The van der Waals surface area contributed by atoms with Gasteiger partial charge in [-0.05, 0) is 40.2 Å². The van der Waals surface area contributed by atoms with Crippen molar-refractivity contribution < 1.29 is 9.84 Å². The monoisotopic (exact) mass is 369 g/mol. The number of ether oxygens (including phenoxy) is 1. The Morgan fingerprint density at radius 3 is 2.69 bits per heavy atom. The molecule has 2 atom stereocenters. The third-order valence-electron chi connectivity index (χ3n) is 5.22. The van der Waals surface area contributed by atoms with Crippen LogP contribution in [0.3, 0.4) is 0 Å². The number of likely N-dealkylation sites (tertiary alicyclic amines) is 1. The average molecular weight is 370 g/mol. The fraction of sp³-hybridized carbons (Fsp3) is 0.947. The second-order valence-corrected chi connectivity index (χ2v) is 7.89. The van der Waals surface area contributed by atoms with E-state index in [0.29, 0.717) is 19.1 Å². The summed E-state index contributed by atoms with van der Waals surface area (Å²) < 4.78 is 5.37. The first-order valence-corrected chi connectivity index (χ1v) is 10.3. The third kappa shape index (κ3) is 7.78. The van der Waals surface area contributed by atoms with Gasteiger partial charge in [0.05, 0.1) is 25.4 Å². The lowest BCUT2D eigenvalue weighted by Crippen LogP contribution is -2.48. The predicted molar refractivity (Wildman–Crippen MR) is 107 cm³/mol. The van der Waals surface area contributed by atoms with Crippen LogP contribution in [-0.4, -0.2) is 98.1 Å². The van der Waals surface area contributed by atoms with E-state index in [1.165, 1.54) is 25.8 Å². The van der Waals surface area contributed by atoms with Gasteiger partial charge in [0.1, 0.15) is 0 Å². The summed E-state index contributed by atoms with van der Waals surface area (Å²) >= 11 is 0. The number of morpholine rings is 1. The van der Waals surface area contributed by atoms with Crippen molar-refractivity contribution in [2.24, 2.45) is 4.99 Å². The van der Waals surface area contributed by atoms with Gasteiger partial charge in [-0.25, -0.2) is 0 Å². The van der Waals surface area contributed by atoms with E-state index in [4.69, 9.17) is 4.74 Å². The van der Waals surface area contributed by atoms with Crippen molar-refractivity contribution in [1.29, 1.82) is 0 Å². The molecule has 26 heavy (non-hydrogen) atoms. The zero-order chi connectivity index (χ0) is 18.8. The molecule has 7 heteroatoms. The Labute approximate surface area is 159 Å². The molecule has 0 aromatic carbocycles. The van der Waals surface area contributed by atoms with Gasteiger partial charge in [0.25, 0.3) is 0 Å². The van der Waals surface area contributed by atoms with Gasteiger partial charge < -0.3 is 20.5 Å². The molecule has 2 heterocycles. The van der Waals surface area contributed by atoms with Crippen LogP contribution in [0.25, 0.3) is 0 Å². The highest BCUT2D eigenvalue weighted by Gasteiger charge is 2.25. The number of aliphatic hydroxyl groups is 1. The smallest absolute Gasteiger partial charge is 0.191 e. The van der Waals surface area contributed by atoms with E-state index in [-0.39, 0.29) is 0 Å². The summed E-state index contributed by atoms with van der Waals surface area (Å²) in [6.07, 6.45) is 3.97. The first-order valence-electron chi connectivity index (χ1n) is 10.3. The number of guanidine groups is 1. The van der Waals surface area contributed by atoms with Crippen LogP contribution in [-0.2, 0) is 4.74 Å². The van der Waals surface area contributed by atoms with Crippen molar-refractivity contribution in [3.8, 4) is 0 Å². The summed E-state index contributed by atoms with van der Waals surface area (Å²) in [7, 11) is 0. The summed E-state index contributed by atoms with van der Waals surface area (Å²) in [4.78, 5) is 9.42. The van der Waals surface area contributed by atoms with Crippen LogP contribution in [0.1, 0.15) is 40.0 Å². The van der Waals surface area contributed by atoms with Crippen molar-refractivity contribution in [1.82, 2.24) is 20.4 Å². The predicted octanol–water partition coefficient (Wildman–Crippen LogP) is 0.499. The number of aliphatic imine (C=N–C) groups is 1. The Morgan fingerprint density at radius 2 is 2.00 bits per heavy atom. The summed E-state index contributed by atoms with van der Waals surface area (Å²) in [5, 5.41) is 17.4. The van der Waals surface area contributed by atoms with E-state index >= 15 is 0 Å². The number of nitrogens with one attached hydrogen (secondary N) is 2. The molecule has 0 aromatic rings. The van der Waals surface area contributed by atoms with Gasteiger partial charge in [0.2, 0.25) is 0 Å². The van der Waals surface area contributed by atoms with Crippen LogP contribution >= 0.6 is 0 Å². The number of hydrogen-bond acceptors (Lipinski definition) is 5. The van der Waals surface area contributed by atoms with Gasteiger partial charge in [-0.2, -0.15) is 0 Å². The van der Waals surface area contributed by atoms with Gasteiger partial charge in [-0.3, -0.25) is 14.8 Å². The number of hydrogen-bond donors (Lipinski definition) is 3. The summed E-state index contributed by atoms with van der Waals surface area (Å²) in [5.74, 6) is 0.791. The maximum Gasteiger partial charge on any atom is 0.191 e. The maximum atomic E-state index is 10.7. The van der Waals surface area contributed by atoms with Crippen LogP contribution in [0.5, 0.6) is 0 Å². The second-order valence-electron chi connectivity index (χ2n) is 7.89. The zero-order valence-electron chi connectivity index (χ0n) is 17.0. The molecule has 0 saturated carbocycles. The molecule has 7 nitrogen and oxygen atoms in total. The van der Waals surface area contributed by atoms with Crippen molar-refractivity contribution in [2.45, 2.75) is 51.7 Å². The number of piperidine rings is 1.